The summed E-state index contributed by atoms with van der Waals surface area (Å²) in [6, 6.07) is 3.81. The molecule has 1 fully saturated rings. The first kappa shape index (κ1) is 18.8. The molecule has 3 rings (SSSR count). The van der Waals surface area contributed by atoms with Crippen LogP contribution in [0.2, 0.25) is 0 Å². The van der Waals surface area contributed by atoms with Gasteiger partial charge in [-0.25, -0.2) is 24.7 Å². The number of aryl methyl sites for hydroxylation is 1. The number of carbonyl (C=O) groups excluding carboxylic acids is 1. The van der Waals surface area contributed by atoms with Crippen LogP contribution in [0.4, 0.5) is 10.6 Å². The first-order valence-corrected chi connectivity index (χ1v) is 9.16. The van der Waals surface area contributed by atoms with Crippen LogP contribution in [0.25, 0.3) is 0 Å². The van der Waals surface area contributed by atoms with Crippen LogP contribution in [0, 0.1) is 6.92 Å². The Kier molecular flexibility index (Phi) is 6.35. The van der Waals surface area contributed by atoms with Crippen LogP contribution >= 0.6 is 0 Å². The summed E-state index contributed by atoms with van der Waals surface area (Å²) < 4.78 is 5.39. The average molecular weight is 371 g/mol. The zero-order valence-electron chi connectivity index (χ0n) is 15.7. The number of nitrogens with zero attached hydrogens (tertiary/aromatic N) is 5. The second kappa shape index (κ2) is 9.11. The van der Waals surface area contributed by atoms with Crippen molar-refractivity contribution in [1.29, 1.82) is 0 Å². The van der Waals surface area contributed by atoms with Gasteiger partial charge in [0.2, 0.25) is 5.88 Å². The highest BCUT2D eigenvalue weighted by molar-refractivity contribution is 5.74. The minimum atomic E-state index is -0.0645. The summed E-state index contributed by atoms with van der Waals surface area (Å²) in [6.45, 7) is 6.10. The topological polar surface area (TPSA) is 105 Å². The molecule has 1 aliphatic heterocycles. The normalized spacial score (nSPS) is 14.7. The molecule has 3 heterocycles. The van der Waals surface area contributed by atoms with E-state index in [0.717, 1.165) is 24.4 Å². The predicted octanol–water partition coefficient (Wildman–Crippen LogP) is 1.76. The number of aromatic nitrogens is 4. The van der Waals surface area contributed by atoms with Crippen molar-refractivity contribution in [3.05, 3.63) is 36.2 Å². The molecule has 9 heteroatoms. The second-order valence-electron chi connectivity index (χ2n) is 6.33. The number of nitrogens with one attached hydrogen (secondary N) is 2. The zero-order chi connectivity index (χ0) is 19.1. The van der Waals surface area contributed by atoms with E-state index in [-0.39, 0.29) is 12.1 Å². The van der Waals surface area contributed by atoms with E-state index in [1.165, 1.54) is 6.33 Å². The van der Waals surface area contributed by atoms with Crippen LogP contribution in [0.5, 0.6) is 5.88 Å². The lowest BCUT2D eigenvalue weighted by Gasteiger charge is -2.32. The van der Waals surface area contributed by atoms with E-state index >= 15 is 0 Å². The molecule has 0 aromatic carbocycles. The van der Waals surface area contributed by atoms with Gasteiger partial charge in [-0.3, -0.25) is 0 Å². The summed E-state index contributed by atoms with van der Waals surface area (Å²) in [6.07, 6.45) is 4.90. The predicted molar refractivity (Wildman–Crippen MR) is 100 cm³/mol. The summed E-state index contributed by atoms with van der Waals surface area (Å²) in [5, 5.41) is 6.32. The van der Waals surface area contributed by atoms with Gasteiger partial charge in [0.05, 0.1) is 18.8 Å². The Labute approximate surface area is 158 Å². The van der Waals surface area contributed by atoms with Gasteiger partial charge in [-0.2, -0.15) is 0 Å². The number of hydrogen-bond acceptors (Lipinski definition) is 7. The molecule has 0 bridgehead atoms. The van der Waals surface area contributed by atoms with Crippen molar-refractivity contribution in [2.45, 2.75) is 39.3 Å². The molecular weight excluding hydrogens is 346 g/mol. The SMILES string of the molecule is CCOc1cc(NC2CCN(C(=O)NCc3ccnc(C)n3)CC2)ncn1. The molecule has 27 heavy (non-hydrogen) atoms. The summed E-state index contributed by atoms with van der Waals surface area (Å²) in [4.78, 5) is 30.8. The van der Waals surface area contributed by atoms with Crippen LogP contribution in [0.3, 0.4) is 0 Å². The van der Waals surface area contributed by atoms with Crippen molar-refractivity contribution in [3.63, 3.8) is 0 Å². The zero-order valence-corrected chi connectivity index (χ0v) is 15.7. The van der Waals surface area contributed by atoms with Crippen LogP contribution in [-0.4, -0.2) is 56.6 Å². The fraction of sp³-hybridized carbons (Fsp3) is 0.500. The number of likely N-dealkylation sites (tertiary alicyclic amines) is 1. The molecule has 0 aliphatic carbocycles. The third-order valence-corrected chi connectivity index (χ3v) is 4.32. The van der Waals surface area contributed by atoms with Gasteiger partial charge < -0.3 is 20.3 Å². The number of hydrogen-bond donors (Lipinski definition) is 2. The maximum Gasteiger partial charge on any atom is 0.317 e. The first-order valence-electron chi connectivity index (χ1n) is 9.16. The van der Waals surface area contributed by atoms with Gasteiger partial charge in [0.25, 0.3) is 0 Å². The number of anilines is 1. The van der Waals surface area contributed by atoms with E-state index in [2.05, 4.69) is 30.6 Å². The van der Waals surface area contributed by atoms with Gasteiger partial charge >= 0.3 is 6.03 Å². The average Bonchev–Trinajstić information content (AvgIpc) is 2.67. The molecule has 144 valence electrons. The molecule has 9 nitrogen and oxygen atoms in total. The third kappa shape index (κ3) is 5.50. The van der Waals surface area contributed by atoms with Gasteiger partial charge in [-0.15, -0.1) is 0 Å². The fourth-order valence-electron chi connectivity index (χ4n) is 2.96. The van der Waals surface area contributed by atoms with E-state index in [1.807, 2.05) is 24.8 Å². The fourth-order valence-corrected chi connectivity index (χ4v) is 2.96. The van der Waals surface area contributed by atoms with Crippen molar-refractivity contribution >= 4 is 11.8 Å². The number of rotatable bonds is 6. The molecule has 0 spiro atoms. The third-order valence-electron chi connectivity index (χ3n) is 4.32. The Morgan fingerprint density at radius 3 is 2.85 bits per heavy atom. The van der Waals surface area contributed by atoms with Gasteiger partial charge in [0.1, 0.15) is 18.0 Å². The van der Waals surface area contributed by atoms with Gasteiger partial charge in [0, 0.05) is 31.4 Å². The van der Waals surface area contributed by atoms with Crippen molar-refractivity contribution in [2.75, 3.05) is 25.0 Å². The minimum Gasteiger partial charge on any atom is -0.478 e. The van der Waals surface area contributed by atoms with Crippen LogP contribution in [0.1, 0.15) is 31.3 Å². The number of carbonyl (C=O) groups is 1. The smallest absolute Gasteiger partial charge is 0.317 e. The molecule has 2 aromatic rings. The van der Waals surface area contributed by atoms with Gasteiger partial charge in [0.15, 0.2) is 0 Å². The number of ether oxygens (including phenoxy) is 1. The van der Waals surface area contributed by atoms with Gasteiger partial charge in [-0.05, 0) is 32.8 Å². The Morgan fingerprint density at radius 1 is 1.30 bits per heavy atom. The maximum atomic E-state index is 12.4. The molecule has 1 aliphatic rings. The highest BCUT2D eigenvalue weighted by Gasteiger charge is 2.23. The van der Waals surface area contributed by atoms with E-state index in [4.69, 9.17) is 4.74 Å². The lowest BCUT2D eigenvalue weighted by atomic mass is 10.1. The number of amides is 2. The molecular formula is C18H25N7O2. The van der Waals surface area contributed by atoms with Crippen LogP contribution in [-0.2, 0) is 6.54 Å². The highest BCUT2D eigenvalue weighted by atomic mass is 16.5. The lowest BCUT2D eigenvalue weighted by Crippen LogP contribution is -2.46. The summed E-state index contributed by atoms with van der Waals surface area (Å²) in [5.74, 6) is 2.01. The standard InChI is InChI=1S/C18H25N7O2/c1-3-27-17-10-16(21-12-22-17)24-14-5-8-25(9-6-14)18(26)20-11-15-4-7-19-13(2)23-15/h4,7,10,12,14H,3,5-6,8-9,11H2,1-2H3,(H,20,26)(H,21,22,24). The quantitative estimate of drug-likeness (QED) is 0.797. The molecule has 2 aromatic heterocycles. The summed E-state index contributed by atoms with van der Waals surface area (Å²) in [5.41, 5.74) is 0.807. The van der Waals surface area contributed by atoms with Crippen molar-refractivity contribution < 1.29 is 9.53 Å². The van der Waals surface area contributed by atoms with Crippen molar-refractivity contribution in [3.8, 4) is 5.88 Å². The molecule has 2 N–H and O–H groups in total. The second-order valence-corrected chi connectivity index (χ2v) is 6.33. The molecule has 1 saturated heterocycles. The minimum absolute atomic E-state index is 0.0645. The van der Waals surface area contributed by atoms with E-state index < -0.39 is 0 Å². The largest absolute Gasteiger partial charge is 0.478 e. The molecule has 0 unspecified atom stereocenters. The van der Waals surface area contributed by atoms with Crippen LogP contribution < -0.4 is 15.4 Å². The number of piperidine rings is 1. The van der Waals surface area contributed by atoms with Crippen molar-refractivity contribution in [1.82, 2.24) is 30.2 Å². The molecule has 0 saturated carbocycles. The first-order chi connectivity index (χ1) is 13.1. The Bertz CT molecular complexity index is 763. The van der Waals surface area contributed by atoms with E-state index in [9.17, 15) is 4.79 Å². The maximum absolute atomic E-state index is 12.4. The molecule has 0 atom stereocenters. The summed E-state index contributed by atoms with van der Waals surface area (Å²) in [7, 11) is 0. The molecule has 2 amide bonds. The van der Waals surface area contributed by atoms with Crippen molar-refractivity contribution in [2.24, 2.45) is 0 Å². The molecule has 0 radical (unpaired) electrons. The summed E-state index contributed by atoms with van der Waals surface area (Å²) >= 11 is 0. The monoisotopic (exact) mass is 371 g/mol. The Hall–Kier alpha value is -2.97. The van der Waals surface area contributed by atoms with E-state index in [0.29, 0.717) is 37.9 Å². The Morgan fingerprint density at radius 2 is 2.11 bits per heavy atom. The lowest BCUT2D eigenvalue weighted by molar-refractivity contribution is 0.183. The van der Waals surface area contributed by atoms with E-state index in [1.54, 1.807) is 12.3 Å². The number of urea groups is 1. The highest BCUT2D eigenvalue weighted by Crippen LogP contribution is 2.17. The van der Waals surface area contributed by atoms with Crippen LogP contribution in [0.15, 0.2) is 24.7 Å². The Balaban J connectivity index is 1.44. The van der Waals surface area contributed by atoms with Gasteiger partial charge in [-0.1, -0.05) is 0 Å².